The number of unbranched alkanes of at least 4 members (excludes halogenated alkanes) is 1. The molecule has 0 heterocycles. The van der Waals surface area contributed by atoms with E-state index in [1.54, 1.807) is 20.1 Å². The number of rotatable bonds is 8. The summed E-state index contributed by atoms with van der Waals surface area (Å²) in [5.41, 5.74) is 6.97. The second kappa shape index (κ2) is 7.95. The number of nitrogens with one attached hydrogen (secondary N) is 1. The first-order valence-corrected chi connectivity index (χ1v) is 8.26. The van der Waals surface area contributed by atoms with E-state index in [4.69, 9.17) is 22.1 Å². The lowest BCUT2D eigenvalue weighted by atomic mass is 10.1. The first-order chi connectivity index (χ1) is 9.42. The van der Waals surface area contributed by atoms with E-state index in [2.05, 4.69) is 4.72 Å². The van der Waals surface area contributed by atoms with Gasteiger partial charge in [-0.15, -0.1) is 0 Å². The van der Waals surface area contributed by atoms with Gasteiger partial charge in [-0.1, -0.05) is 11.6 Å². The fourth-order valence-electron chi connectivity index (χ4n) is 1.85. The van der Waals surface area contributed by atoms with Gasteiger partial charge in [0.25, 0.3) is 0 Å². The minimum atomic E-state index is -3.56. The van der Waals surface area contributed by atoms with Crippen LogP contribution in [0.1, 0.15) is 24.0 Å². The van der Waals surface area contributed by atoms with Gasteiger partial charge in [0.2, 0.25) is 10.0 Å². The van der Waals surface area contributed by atoms with Gasteiger partial charge in [0.15, 0.2) is 0 Å². The Balaban J connectivity index is 2.84. The number of methoxy groups -OCH3 is 1. The van der Waals surface area contributed by atoms with E-state index in [0.717, 1.165) is 18.4 Å². The SMILES string of the molecule is COCCCCNS(=O)(=O)c1cc(Cl)cc(CN)c1C. The van der Waals surface area contributed by atoms with Crippen LogP contribution in [0.2, 0.25) is 5.02 Å². The third kappa shape index (κ3) is 4.71. The Morgan fingerprint density at radius 3 is 2.65 bits per heavy atom. The van der Waals surface area contributed by atoms with E-state index in [1.165, 1.54) is 6.07 Å². The normalized spacial score (nSPS) is 11.8. The standard InChI is InChI=1S/C13H21ClN2O3S/c1-10-11(9-15)7-12(14)8-13(10)20(17,18)16-5-3-4-6-19-2/h7-8,16H,3-6,9,15H2,1-2H3. The molecule has 1 aromatic rings. The molecule has 20 heavy (non-hydrogen) atoms. The Morgan fingerprint density at radius 1 is 1.35 bits per heavy atom. The van der Waals surface area contributed by atoms with Crippen LogP contribution in [0, 0.1) is 6.92 Å². The molecule has 7 heteroatoms. The first-order valence-electron chi connectivity index (χ1n) is 6.40. The zero-order valence-electron chi connectivity index (χ0n) is 11.8. The lowest BCUT2D eigenvalue weighted by Gasteiger charge is -2.13. The Labute approximate surface area is 125 Å². The van der Waals surface area contributed by atoms with Crippen molar-refractivity contribution in [2.45, 2.75) is 31.2 Å². The minimum Gasteiger partial charge on any atom is -0.385 e. The molecule has 1 rings (SSSR count). The van der Waals surface area contributed by atoms with Gasteiger partial charge in [0, 0.05) is 31.8 Å². The summed E-state index contributed by atoms with van der Waals surface area (Å²) >= 11 is 5.95. The predicted molar refractivity (Wildman–Crippen MR) is 80.4 cm³/mol. The van der Waals surface area contributed by atoms with Gasteiger partial charge < -0.3 is 10.5 Å². The van der Waals surface area contributed by atoms with Gasteiger partial charge in [-0.3, -0.25) is 0 Å². The lowest BCUT2D eigenvalue weighted by Crippen LogP contribution is -2.26. The quantitative estimate of drug-likeness (QED) is 0.716. The van der Waals surface area contributed by atoms with Crippen molar-refractivity contribution in [3.63, 3.8) is 0 Å². The Bertz CT molecular complexity index is 547. The highest BCUT2D eigenvalue weighted by atomic mass is 35.5. The molecule has 114 valence electrons. The molecule has 0 aliphatic rings. The Hall–Kier alpha value is -0.660. The van der Waals surface area contributed by atoms with Crippen molar-refractivity contribution in [3.8, 4) is 0 Å². The highest BCUT2D eigenvalue weighted by Gasteiger charge is 2.18. The zero-order valence-corrected chi connectivity index (χ0v) is 13.4. The molecule has 0 saturated heterocycles. The van der Waals surface area contributed by atoms with Gasteiger partial charge in [0.1, 0.15) is 0 Å². The van der Waals surface area contributed by atoms with Crippen molar-refractivity contribution in [3.05, 3.63) is 28.3 Å². The molecule has 0 aromatic heterocycles. The number of halogens is 1. The molecule has 1 aromatic carbocycles. The maximum Gasteiger partial charge on any atom is 0.240 e. The lowest BCUT2D eigenvalue weighted by molar-refractivity contribution is 0.193. The highest BCUT2D eigenvalue weighted by Crippen LogP contribution is 2.24. The molecular weight excluding hydrogens is 300 g/mol. The average molecular weight is 321 g/mol. The van der Waals surface area contributed by atoms with Crippen LogP contribution in [0.5, 0.6) is 0 Å². The van der Waals surface area contributed by atoms with E-state index in [1.807, 2.05) is 0 Å². The van der Waals surface area contributed by atoms with E-state index >= 15 is 0 Å². The van der Waals surface area contributed by atoms with E-state index < -0.39 is 10.0 Å². The van der Waals surface area contributed by atoms with Crippen LogP contribution < -0.4 is 10.5 Å². The summed E-state index contributed by atoms with van der Waals surface area (Å²) in [6.45, 7) is 2.98. The van der Waals surface area contributed by atoms with Crippen molar-refractivity contribution >= 4 is 21.6 Å². The average Bonchev–Trinajstić information content (AvgIpc) is 2.40. The summed E-state index contributed by atoms with van der Waals surface area (Å²) in [6, 6.07) is 3.14. The van der Waals surface area contributed by atoms with Gasteiger partial charge in [0.05, 0.1) is 4.90 Å². The van der Waals surface area contributed by atoms with Crippen LogP contribution in [0.4, 0.5) is 0 Å². The first kappa shape index (κ1) is 17.4. The van der Waals surface area contributed by atoms with Gasteiger partial charge in [-0.05, 0) is 43.0 Å². The number of benzene rings is 1. The zero-order chi connectivity index (χ0) is 15.2. The summed E-state index contributed by atoms with van der Waals surface area (Å²) in [5, 5.41) is 0.371. The topological polar surface area (TPSA) is 81.4 Å². The van der Waals surface area contributed by atoms with Crippen molar-refractivity contribution in [1.29, 1.82) is 0 Å². The predicted octanol–water partition coefficient (Wildman–Crippen LogP) is 1.81. The smallest absolute Gasteiger partial charge is 0.240 e. The second-order valence-electron chi connectivity index (χ2n) is 4.49. The molecule has 0 aliphatic carbocycles. The van der Waals surface area contributed by atoms with Crippen LogP contribution in [0.15, 0.2) is 17.0 Å². The van der Waals surface area contributed by atoms with Gasteiger partial charge in [-0.2, -0.15) is 0 Å². The molecule has 0 bridgehead atoms. The number of ether oxygens (including phenoxy) is 1. The molecular formula is C13H21ClN2O3S. The van der Waals surface area contributed by atoms with E-state index in [0.29, 0.717) is 23.7 Å². The number of nitrogens with two attached hydrogens (primary N) is 1. The summed E-state index contributed by atoms with van der Waals surface area (Å²) in [5.74, 6) is 0. The van der Waals surface area contributed by atoms with Crippen LogP contribution >= 0.6 is 11.6 Å². The molecule has 3 N–H and O–H groups in total. The van der Waals surface area contributed by atoms with Crippen LogP contribution in [0.3, 0.4) is 0 Å². The van der Waals surface area contributed by atoms with Crippen molar-refractivity contribution in [2.75, 3.05) is 20.3 Å². The number of sulfonamides is 1. The summed E-state index contributed by atoms with van der Waals surface area (Å²) in [6.07, 6.45) is 1.53. The number of hydrogen-bond donors (Lipinski definition) is 2. The molecule has 0 atom stereocenters. The van der Waals surface area contributed by atoms with Gasteiger partial charge in [-0.25, -0.2) is 13.1 Å². The minimum absolute atomic E-state index is 0.192. The van der Waals surface area contributed by atoms with Crippen LogP contribution in [-0.4, -0.2) is 28.7 Å². The third-order valence-electron chi connectivity index (χ3n) is 3.01. The maximum absolute atomic E-state index is 12.3. The fraction of sp³-hybridized carbons (Fsp3) is 0.538. The Kier molecular flexibility index (Phi) is 6.91. The molecule has 0 unspecified atom stereocenters. The van der Waals surface area contributed by atoms with Crippen molar-refractivity contribution in [2.24, 2.45) is 5.73 Å². The van der Waals surface area contributed by atoms with E-state index in [9.17, 15) is 8.42 Å². The molecule has 0 amide bonds. The number of hydrogen-bond acceptors (Lipinski definition) is 4. The summed E-state index contributed by atoms with van der Waals surface area (Å²) in [4.78, 5) is 0.192. The van der Waals surface area contributed by atoms with Crippen molar-refractivity contribution in [1.82, 2.24) is 4.72 Å². The maximum atomic E-state index is 12.3. The molecule has 0 saturated carbocycles. The van der Waals surface area contributed by atoms with E-state index in [-0.39, 0.29) is 11.4 Å². The Morgan fingerprint density at radius 2 is 2.05 bits per heavy atom. The van der Waals surface area contributed by atoms with Gasteiger partial charge >= 0.3 is 0 Å². The third-order valence-corrected chi connectivity index (χ3v) is 4.81. The molecule has 5 nitrogen and oxygen atoms in total. The van der Waals surface area contributed by atoms with Crippen LogP contribution in [0.25, 0.3) is 0 Å². The molecule has 0 aliphatic heterocycles. The van der Waals surface area contributed by atoms with Crippen molar-refractivity contribution < 1.29 is 13.2 Å². The molecule has 0 spiro atoms. The van der Waals surface area contributed by atoms with Crippen LogP contribution in [-0.2, 0) is 21.3 Å². The second-order valence-corrected chi connectivity index (χ2v) is 6.66. The highest BCUT2D eigenvalue weighted by molar-refractivity contribution is 7.89. The monoisotopic (exact) mass is 320 g/mol. The molecule has 0 fully saturated rings. The fourth-order valence-corrected chi connectivity index (χ4v) is 3.55. The largest absolute Gasteiger partial charge is 0.385 e. The summed E-state index contributed by atoms with van der Waals surface area (Å²) < 4.78 is 32.0. The summed E-state index contributed by atoms with van der Waals surface area (Å²) in [7, 11) is -1.95. The molecule has 0 radical (unpaired) electrons.